The Morgan fingerprint density at radius 1 is 0.792 bits per heavy atom. The van der Waals surface area contributed by atoms with Crippen LogP contribution in [0.1, 0.15) is 11.6 Å². The van der Waals surface area contributed by atoms with Crippen LogP contribution in [0.2, 0.25) is 0 Å². The Hall–Kier alpha value is -1.20. The molecule has 1 aliphatic rings. The Balaban J connectivity index is 0.00000144. The molecule has 1 N–H and O–H groups in total. The lowest BCUT2D eigenvalue weighted by atomic mass is 9.99. The van der Waals surface area contributed by atoms with E-state index in [1.807, 2.05) is 59.5 Å². The van der Waals surface area contributed by atoms with Crippen molar-refractivity contribution in [3.63, 3.8) is 0 Å². The molecule has 0 unspecified atom stereocenters. The van der Waals surface area contributed by atoms with E-state index in [4.69, 9.17) is 0 Å². The van der Waals surface area contributed by atoms with Crippen LogP contribution in [-0.4, -0.2) is 37.5 Å². The van der Waals surface area contributed by atoms with Gasteiger partial charge in [0.05, 0.1) is 6.04 Å². The van der Waals surface area contributed by atoms with Gasteiger partial charge in [-0.1, -0.05) is 54.6 Å². The number of nitrogens with one attached hydrogen (secondary N) is 1. The molecule has 1 heterocycles. The summed E-state index contributed by atoms with van der Waals surface area (Å²) in [5.41, 5.74) is 2.85. The number of nitrogens with zero attached hydrogens (tertiary/aromatic N) is 1. The molecular weight excluding hydrogens is 353 g/mol. The van der Waals surface area contributed by atoms with Gasteiger partial charge in [0, 0.05) is 26.2 Å². The summed E-state index contributed by atoms with van der Waals surface area (Å²) in [5.74, 6) is 0. The number of benzene rings is 2. The van der Waals surface area contributed by atoms with Crippen molar-refractivity contribution in [1.82, 2.24) is 10.2 Å². The minimum absolute atomic E-state index is 0. The fourth-order valence-corrected chi connectivity index (χ4v) is 2.98. The minimum Gasteiger partial charge on any atom is -0.314 e. The molecule has 1 saturated heterocycles. The lowest BCUT2D eigenvalue weighted by Gasteiger charge is -2.34. The maximum absolute atomic E-state index is 13.5. The lowest BCUT2D eigenvalue weighted by molar-refractivity contribution is 0.0182. The van der Waals surface area contributed by atoms with Gasteiger partial charge in [-0.15, -0.1) is 24.8 Å². The molecule has 0 spiro atoms. The highest BCUT2D eigenvalue weighted by molar-refractivity contribution is 5.85. The minimum atomic E-state index is -2.37. The number of rotatable bonds is 4. The van der Waals surface area contributed by atoms with Crippen molar-refractivity contribution in [1.29, 1.82) is 0 Å². The smallest absolute Gasteiger partial charge is 0.258 e. The summed E-state index contributed by atoms with van der Waals surface area (Å²) < 4.78 is 27.1. The normalized spacial score (nSPS) is 16.1. The van der Waals surface area contributed by atoms with Crippen LogP contribution in [0.3, 0.4) is 0 Å². The fourth-order valence-electron chi connectivity index (χ4n) is 2.98. The van der Waals surface area contributed by atoms with E-state index >= 15 is 0 Å². The van der Waals surface area contributed by atoms with E-state index in [0.717, 1.165) is 24.2 Å². The molecule has 0 radical (unpaired) electrons. The Labute approximate surface area is 154 Å². The van der Waals surface area contributed by atoms with Gasteiger partial charge >= 0.3 is 0 Å². The van der Waals surface area contributed by atoms with E-state index in [1.54, 1.807) is 0 Å². The molecule has 24 heavy (non-hydrogen) atoms. The molecule has 0 saturated carbocycles. The lowest BCUT2D eigenvalue weighted by Crippen LogP contribution is -2.46. The third-order valence-electron chi connectivity index (χ3n) is 4.14. The van der Waals surface area contributed by atoms with Crippen LogP contribution in [-0.2, 0) is 0 Å². The molecule has 0 bridgehead atoms. The van der Waals surface area contributed by atoms with Crippen molar-refractivity contribution in [3.8, 4) is 11.1 Å². The van der Waals surface area contributed by atoms with Gasteiger partial charge in [0.2, 0.25) is 0 Å². The van der Waals surface area contributed by atoms with Crippen molar-refractivity contribution in [2.24, 2.45) is 0 Å². The maximum Gasteiger partial charge on any atom is 0.258 e. The molecule has 6 heteroatoms. The zero-order valence-corrected chi connectivity index (χ0v) is 14.8. The number of hydrogen-bond donors (Lipinski definition) is 1. The Morgan fingerprint density at radius 3 is 1.88 bits per heavy atom. The van der Waals surface area contributed by atoms with Gasteiger partial charge in [0.15, 0.2) is 0 Å². The average Bonchev–Trinajstić information content (AvgIpc) is 2.57. The topological polar surface area (TPSA) is 15.3 Å². The second-order valence-electron chi connectivity index (χ2n) is 5.55. The standard InChI is InChI=1S/C18H20F2N2.2ClH/c19-18(20)17(22-12-10-21-11-13-22)16-8-6-15(7-9-16)14-4-2-1-3-5-14;;/h1-9,17-18,21H,10-13H2;2*1H/t17-;;/m1../s1. The highest BCUT2D eigenvalue weighted by Crippen LogP contribution is 2.29. The Bertz CT molecular complexity index is 588. The highest BCUT2D eigenvalue weighted by Gasteiger charge is 2.29. The van der Waals surface area contributed by atoms with Gasteiger partial charge in [-0.05, 0) is 16.7 Å². The predicted octanol–water partition coefficient (Wildman–Crippen LogP) is 4.41. The van der Waals surface area contributed by atoms with Crippen molar-refractivity contribution in [3.05, 3.63) is 60.2 Å². The largest absolute Gasteiger partial charge is 0.314 e. The van der Waals surface area contributed by atoms with Gasteiger partial charge < -0.3 is 5.32 Å². The molecule has 2 aromatic carbocycles. The molecule has 3 rings (SSSR count). The van der Waals surface area contributed by atoms with E-state index in [1.165, 1.54) is 0 Å². The van der Waals surface area contributed by atoms with Gasteiger partial charge in [-0.2, -0.15) is 0 Å². The van der Waals surface area contributed by atoms with Crippen LogP contribution in [0.25, 0.3) is 11.1 Å². The molecule has 0 amide bonds. The number of halogens is 4. The first-order valence-corrected chi connectivity index (χ1v) is 7.64. The van der Waals surface area contributed by atoms with Gasteiger partial charge in [-0.3, -0.25) is 4.90 Å². The molecule has 2 nitrogen and oxygen atoms in total. The molecule has 2 aromatic rings. The number of piperazine rings is 1. The third kappa shape index (κ3) is 4.90. The zero-order valence-electron chi connectivity index (χ0n) is 13.2. The van der Waals surface area contributed by atoms with Crippen LogP contribution >= 0.6 is 24.8 Å². The second kappa shape index (κ2) is 9.94. The number of alkyl halides is 2. The van der Waals surface area contributed by atoms with E-state index < -0.39 is 12.5 Å². The molecule has 1 fully saturated rings. The monoisotopic (exact) mass is 374 g/mol. The fraction of sp³-hybridized carbons (Fsp3) is 0.333. The third-order valence-corrected chi connectivity index (χ3v) is 4.14. The van der Waals surface area contributed by atoms with E-state index in [-0.39, 0.29) is 24.8 Å². The van der Waals surface area contributed by atoms with Gasteiger partial charge in [-0.25, -0.2) is 8.78 Å². The summed E-state index contributed by atoms with van der Waals surface area (Å²) in [5, 5.41) is 3.20. The number of hydrogen-bond acceptors (Lipinski definition) is 2. The molecule has 0 aliphatic carbocycles. The maximum atomic E-state index is 13.5. The first-order valence-electron chi connectivity index (χ1n) is 7.64. The SMILES string of the molecule is Cl.Cl.FC(F)[C@@H](c1ccc(-c2ccccc2)cc1)N1CCNCC1. The highest BCUT2D eigenvalue weighted by atomic mass is 35.5. The quantitative estimate of drug-likeness (QED) is 0.852. The van der Waals surface area contributed by atoms with Crippen LogP contribution in [0.5, 0.6) is 0 Å². The summed E-state index contributed by atoms with van der Waals surface area (Å²) in [4.78, 5) is 1.87. The van der Waals surface area contributed by atoms with Crippen LogP contribution in [0.15, 0.2) is 54.6 Å². The summed E-state index contributed by atoms with van der Waals surface area (Å²) in [7, 11) is 0. The van der Waals surface area contributed by atoms with Crippen molar-refractivity contribution >= 4 is 24.8 Å². The van der Waals surface area contributed by atoms with Crippen molar-refractivity contribution in [2.75, 3.05) is 26.2 Å². The van der Waals surface area contributed by atoms with E-state index in [0.29, 0.717) is 18.7 Å². The van der Waals surface area contributed by atoms with Crippen LogP contribution in [0.4, 0.5) is 8.78 Å². The summed E-state index contributed by atoms with van der Waals surface area (Å²) in [6, 6.07) is 16.7. The van der Waals surface area contributed by atoms with Crippen molar-refractivity contribution in [2.45, 2.75) is 12.5 Å². The first kappa shape index (κ1) is 20.8. The van der Waals surface area contributed by atoms with Crippen molar-refractivity contribution < 1.29 is 8.78 Å². The molecule has 1 atom stereocenters. The van der Waals surface area contributed by atoms with Crippen LogP contribution in [0, 0.1) is 0 Å². The molecule has 1 aliphatic heterocycles. The Kier molecular flexibility index (Phi) is 8.63. The van der Waals surface area contributed by atoms with E-state index in [9.17, 15) is 8.78 Å². The van der Waals surface area contributed by atoms with Gasteiger partial charge in [0.1, 0.15) is 0 Å². The average molecular weight is 375 g/mol. The molecular formula is C18H22Cl2F2N2. The first-order chi connectivity index (χ1) is 10.8. The summed E-state index contributed by atoms with van der Waals surface area (Å²) in [6.45, 7) is 2.86. The zero-order chi connectivity index (χ0) is 15.4. The Morgan fingerprint density at radius 2 is 1.33 bits per heavy atom. The second-order valence-corrected chi connectivity index (χ2v) is 5.55. The van der Waals surface area contributed by atoms with E-state index in [2.05, 4.69) is 5.32 Å². The molecule has 132 valence electrons. The summed E-state index contributed by atoms with van der Waals surface area (Å²) >= 11 is 0. The molecule has 0 aromatic heterocycles. The van der Waals surface area contributed by atoms with Gasteiger partial charge in [0.25, 0.3) is 6.43 Å². The van der Waals surface area contributed by atoms with Crippen LogP contribution < -0.4 is 5.32 Å². The predicted molar refractivity (Wildman–Crippen MR) is 99.6 cm³/mol. The summed E-state index contributed by atoms with van der Waals surface area (Å²) in [6.07, 6.45) is -2.37.